The third kappa shape index (κ3) is 6.80. The van der Waals surface area contributed by atoms with E-state index in [0.29, 0.717) is 23.6 Å². The van der Waals surface area contributed by atoms with Crippen molar-refractivity contribution < 1.29 is 14.4 Å². The Labute approximate surface area is 230 Å². The molecular formula is C31H26N4O3S. The van der Waals surface area contributed by atoms with Gasteiger partial charge in [-0.2, -0.15) is 10.1 Å². The van der Waals surface area contributed by atoms with Gasteiger partial charge in [-0.25, -0.2) is 0 Å². The molecule has 39 heavy (non-hydrogen) atoms. The fourth-order valence-corrected chi connectivity index (χ4v) is 5.14. The van der Waals surface area contributed by atoms with Gasteiger partial charge >= 0.3 is 0 Å². The second-order valence-corrected chi connectivity index (χ2v) is 10.1. The van der Waals surface area contributed by atoms with Crippen molar-refractivity contribution in [3.05, 3.63) is 126 Å². The Balaban J connectivity index is 1.27. The highest BCUT2D eigenvalue weighted by Gasteiger charge is 2.29. The molecule has 2 N–H and O–H groups in total. The summed E-state index contributed by atoms with van der Waals surface area (Å²) in [7, 11) is 0. The number of rotatable bonds is 8. The van der Waals surface area contributed by atoms with E-state index in [1.54, 1.807) is 12.1 Å². The second-order valence-electron chi connectivity index (χ2n) is 8.90. The van der Waals surface area contributed by atoms with Crippen molar-refractivity contribution >= 4 is 46.7 Å². The number of carbonyl (C=O) groups is 3. The smallest absolute Gasteiger partial charge is 0.255 e. The van der Waals surface area contributed by atoms with E-state index in [1.165, 1.54) is 16.8 Å². The number of amides is 3. The molecule has 3 amide bonds. The lowest BCUT2D eigenvalue weighted by Crippen LogP contribution is -2.33. The standard InChI is InChI=1S/C31H26N4O3S/c36-28(20-22-10-4-1-5-11-22)32-24-16-18-26(19-17-24)39-30(23-12-6-2-7-13-23)31(38)33-27-21-29(37)35(34-27)25-14-8-3-9-15-25/h1-19,30H,20-21H2,(H,32,36)(H,33,34,38). The maximum atomic E-state index is 13.4. The van der Waals surface area contributed by atoms with Crippen LogP contribution in [0.2, 0.25) is 0 Å². The van der Waals surface area contributed by atoms with E-state index >= 15 is 0 Å². The molecule has 0 radical (unpaired) electrons. The summed E-state index contributed by atoms with van der Waals surface area (Å²) in [6.45, 7) is 0. The van der Waals surface area contributed by atoms with E-state index in [1.807, 2.05) is 103 Å². The predicted molar refractivity (Wildman–Crippen MR) is 154 cm³/mol. The van der Waals surface area contributed by atoms with Gasteiger partial charge in [0.25, 0.3) is 5.91 Å². The molecule has 0 aromatic heterocycles. The van der Waals surface area contributed by atoms with Crippen molar-refractivity contribution in [3.8, 4) is 0 Å². The number of amidine groups is 1. The van der Waals surface area contributed by atoms with E-state index in [0.717, 1.165) is 16.0 Å². The lowest BCUT2D eigenvalue weighted by molar-refractivity contribution is -0.119. The maximum Gasteiger partial charge on any atom is 0.255 e. The predicted octanol–water partition coefficient (Wildman–Crippen LogP) is 5.57. The third-order valence-electron chi connectivity index (χ3n) is 5.98. The van der Waals surface area contributed by atoms with Gasteiger partial charge in [-0.15, -0.1) is 11.8 Å². The summed E-state index contributed by atoms with van der Waals surface area (Å²) in [4.78, 5) is 39.2. The zero-order chi connectivity index (χ0) is 27.0. The Morgan fingerprint density at radius 2 is 1.41 bits per heavy atom. The molecule has 1 aliphatic heterocycles. The van der Waals surface area contributed by atoms with Crippen LogP contribution >= 0.6 is 11.8 Å². The summed E-state index contributed by atoms with van der Waals surface area (Å²) in [6.07, 6.45) is 0.311. The lowest BCUT2D eigenvalue weighted by Gasteiger charge is -2.17. The van der Waals surface area contributed by atoms with Crippen LogP contribution in [0.5, 0.6) is 0 Å². The minimum Gasteiger partial charge on any atom is -0.326 e. The molecule has 5 rings (SSSR count). The molecule has 0 aliphatic carbocycles. The van der Waals surface area contributed by atoms with Gasteiger partial charge in [-0.05, 0) is 47.5 Å². The lowest BCUT2D eigenvalue weighted by atomic mass is 10.1. The molecule has 0 saturated heterocycles. The molecule has 0 saturated carbocycles. The summed E-state index contributed by atoms with van der Waals surface area (Å²) in [5.74, 6) is -0.260. The van der Waals surface area contributed by atoms with Crippen LogP contribution in [0.3, 0.4) is 0 Å². The van der Waals surface area contributed by atoms with Crippen LogP contribution in [0.1, 0.15) is 22.8 Å². The highest BCUT2D eigenvalue weighted by Crippen LogP contribution is 2.36. The second kappa shape index (κ2) is 12.2. The number of para-hydroxylation sites is 1. The third-order valence-corrected chi connectivity index (χ3v) is 7.25. The largest absolute Gasteiger partial charge is 0.326 e. The van der Waals surface area contributed by atoms with E-state index in [9.17, 15) is 14.4 Å². The van der Waals surface area contributed by atoms with Crippen LogP contribution < -0.4 is 15.6 Å². The molecule has 194 valence electrons. The Morgan fingerprint density at radius 3 is 2.08 bits per heavy atom. The number of benzene rings is 4. The minimum atomic E-state index is -0.576. The van der Waals surface area contributed by atoms with Crippen molar-refractivity contribution in [2.24, 2.45) is 5.10 Å². The maximum absolute atomic E-state index is 13.4. The topological polar surface area (TPSA) is 90.9 Å². The van der Waals surface area contributed by atoms with Crippen LogP contribution in [0.4, 0.5) is 11.4 Å². The summed E-state index contributed by atoms with van der Waals surface area (Å²) in [5, 5.41) is 10.9. The average Bonchev–Trinajstić information content (AvgIpc) is 3.33. The van der Waals surface area contributed by atoms with Crippen LogP contribution in [0, 0.1) is 0 Å². The Kier molecular flexibility index (Phi) is 8.14. The van der Waals surface area contributed by atoms with Gasteiger partial charge in [-0.3, -0.25) is 14.4 Å². The number of carbonyl (C=O) groups excluding carboxylic acids is 3. The number of hydrogen-bond acceptors (Lipinski definition) is 5. The number of hydrogen-bond donors (Lipinski definition) is 2. The number of nitrogens with one attached hydrogen (secondary N) is 2. The molecule has 0 fully saturated rings. The molecule has 7 nitrogen and oxygen atoms in total. The van der Waals surface area contributed by atoms with E-state index in [4.69, 9.17) is 0 Å². The van der Waals surface area contributed by atoms with E-state index in [2.05, 4.69) is 15.7 Å². The highest BCUT2D eigenvalue weighted by molar-refractivity contribution is 8.00. The van der Waals surface area contributed by atoms with Crippen LogP contribution in [0.25, 0.3) is 0 Å². The molecule has 0 bridgehead atoms. The molecule has 4 aromatic rings. The van der Waals surface area contributed by atoms with E-state index < -0.39 is 5.25 Å². The average molecular weight is 535 g/mol. The quantitative estimate of drug-likeness (QED) is 0.289. The fourth-order valence-electron chi connectivity index (χ4n) is 4.12. The molecule has 1 unspecified atom stereocenters. The zero-order valence-corrected chi connectivity index (χ0v) is 21.8. The monoisotopic (exact) mass is 534 g/mol. The summed E-state index contributed by atoms with van der Waals surface area (Å²) in [6, 6.07) is 35.5. The normalized spacial score (nSPS) is 13.5. The number of anilines is 2. The minimum absolute atomic E-state index is 0.0180. The molecule has 8 heteroatoms. The Morgan fingerprint density at radius 1 is 0.795 bits per heavy atom. The number of hydrazone groups is 1. The fraction of sp³-hybridized carbons (Fsp3) is 0.0968. The number of thioether (sulfide) groups is 1. The number of nitrogens with zero attached hydrogens (tertiary/aromatic N) is 2. The first-order chi connectivity index (χ1) is 19.0. The molecule has 0 spiro atoms. The molecule has 1 aliphatic rings. The first-order valence-electron chi connectivity index (χ1n) is 12.5. The van der Waals surface area contributed by atoms with Gasteiger partial charge in [0, 0.05) is 10.6 Å². The molecular weight excluding hydrogens is 508 g/mol. The van der Waals surface area contributed by atoms with Gasteiger partial charge in [0.05, 0.1) is 18.5 Å². The summed E-state index contributed by atoms with van der Waals surface area (Å²) >= 11 is 1.38. The van der Waals surface area contributed by atoms with Crippen LogP contribution in [-0.4, -0.2) is 23.6 Å². The SMILES string of the molecule is O=C(Cc1ccccc1)Nc1ccc(SC(C(=O)NC2=NN(c3ccccc3)C(=O)C2)c2ccccc2)cc1. The molecule has 4 aromatic carbocycles. The first-order valence-corrected chi connectivity index (χ1v) is 13.3. The Hall–Kier alpha value is -4.69. The van der Waals surface area contributed by atoms with Gasteiger partial charge in [0.2, 0.25) is 11.8 Å². The van der Waals surface area contributed by atoms with Gasteiger partial charge in [-0.1, -0.05) is 78.9 Å². The van der Waals surface area contributed by atoms with Gasteiger partial charge < -0.3 is 10.6 Å². The highest BCUT2D eigenvalue weighted by atomic mass is 32.2. The van der Waals surface area contributed by atoms with Crippen molar-refractivity contribution in [2.75, 3.05) is 10.3 Å². The van der Waals surface area contributed by atoms with Crippen LogP contribution in [0.15, 0.2) is 125 Å². The van der Waals surface area contributed by atoms with Crippen molar-refractivity contribution in [1.82, 2.24) is 5.32 Å². The zero-order valence-electron chi connectivity index (χ0n) is 21.0. The summed E-state index contributed by atoms with van der Waals surface area (Å²) < 4.78 is 0. The first kappa shape index (κ1) is 25.9. The summed E-state index contributed by atoms with van der Waals surface area (Å²) in [5.41, 5.74) is 3.10. The van der Waals surface area contributed by atoms with Crippen molar-refractivity contribution in [1.29, 1.82) is 0 Å². The van der Waals surface area contributed by atoms with Gasteiger partial charge in [0.15, 0.2) is 0 Å². The van der Waals surface area contributed by atoms with Crippen LogP contribution in [-0.2, 0) is 20.8 Å². The van der Waals surface area contributed by atoms with Crippen molar-refractivity contribution in [2.45, 2.75) is 23.0 Å². The van der Waals surface area contributed by atoms with Crippen molar-refractivity contribution in [3.63, 3.8) is 0 Å². The molecule has 1 atom stereocenters. The van der Waals surface area contributed by atoms with Gasteiger partial charge in [0.1, 0.15) is 11.1 Å². The van der Waals surface area contributed by atoms with E-state index in [-0.39, 0.29) is 24.1 Å². The Bertz CT molecular complexity index is 1480. The molecule has 1 heterocycles.